The van der Waals surface area contributed by atoms with E-state index in [-0.39, 0.29) is 11.8 Å². The maximum atomic E-state index is 12.0. The zero-order chi connectivity index (χ0) is 24.5. The highest BCUT2D eigenvalue weighted by molar-refractivity contribution is 7.18. The number of nitrogens with one attached hydrogen (secondary N) is 1. The number of fused-ring (bicyclic) bond motifs is 2. The highest BCUT2D eigenvalue weighted by Crippen LogP contribution is 2.37. The van der Waals surface area contributed by atoms with Crippen molar-refractivity contribution < 1.29 is 23.4 Å². The molecule has 180 valence electrons. The highest BCUT2D eigenvalue weighted by atomic mass is 32.1. The molecular formula is C25H24N4O5S. The van der Waals surface area contributed by atoms with E-state index in [2.05, 4.69) is 15.4 Å². The van der Waals surface area contributed by atoms with Crippen molar-refractivity contribution in [3.8, 4) is 28.1 Å². The molecule has 5 aromatic rings. The first-order chi connectivity index (χ1) is 16.9. The number of carbonyl (C=O) groups is 1. The van der Waals surface area contributed by atoms with Crippen LogP contribution in [0.1, 0.15) is 19.4 Å². The lowest BCUT2D eigenvalue weighted by Crippen LogP contribution is -2.17. The summed E-state index contributed by atoms with van der Waals surface area (Å²) in [4.78, 5) is 17.3. The number of nitrogens with zero attached hydrogens (tertiary/aromatic N) is 3. The van der Waals surface area contributed by atoms with Crippen LogP contribution in [0.5, 0.6) is 16.7 Å². The number of benzene rings is 2. The van der Waals surface area contributed by atoms with E-state index in [0.29, 0.717) is 45.3 Å². The van der Waals surface area contributed by atoms with Gasteiger partial charge in [-0.1, -0.05) is 26.0 Å². The van der Waals surface area contributed by atoms with E-state index in [1.807, 2.05) is 56.3 Å². The molecule has 0 radical (unpaired) electrons. The van der Waals surface area contributed by atoms with Gasteiger partial charge in [0, 0.05) is 23.7 Å². The molecule has 3 heterocycles. The molecule has 0 aliphatic carbocycles. The van der Waals surface area contributed by atoms with Crippen LogP contribution in [0.25, 0.3) is 27.4 Å². The van der Waals surface area contributed by atoms with Crippen molar-refractivity contribution in [1.29, 1.82) is 0 Å². The van der Waals surface area contributed by atoms with E-state index in [1.54, 1.807) is 24.9 Å². The lowest BCUT2D eigenvalue weighted by atomic mass is 10.1. The van der Waals surface area contributed by atoms with Crippen molar-refractivity contribution in [2.45, 2.75) is 20.5 Å². The summed E-state index contributed by atoms with van der Waals surface area (Å²) in [7, 11) is 3.17. The minimum atomic E-state index is -0.0980. The van der Waals surface area contributed by atoms with Crippen LogP contribution in [0.3, 0.4) is 0 Å². The fourth-order valence-electron chi connectivity index (χ4n) is 3.52. The number of hydrogen-bond acceptors (Lipinski definition) is 8. The van der Waals surface area contributed by atoms with Crippen LogP contribution >= 0.6 is 11.3 Å². The predicted molar refractivity (Wildman–Crippen MR) is 133 cm³/mol. The van der Waals surface area contributed by atoms with Gasteiger partial charge in [0.15, 0.2) is 5.76 Å². The molecule has 3 aromatic heterocycles. The fourth-order valence-corrected chi connectivity index (χ4v) is 4.22. The van der Waals surface area contributed by atoms with Gasteiger partial charge in [0.25, 0.3) is 5.19 Å². The average Bonchev–Trinajstić information content (AvgIpc) is 3.55. The lowest BCUT2D eigenvalue weighted by Gasteiger charge is -2.11. The largest absolute Gasteiger partial charge is 0.496 e. The Morgan fingerprint density at radius 1 is 1.17 bits per heavy atom. The van der Waals surface area contributed by atoms with Gasteiger partial charge in [0.1, 0.15) is 29.4 Å². The van der Waals surface area contributed by atoms with Crippen molar-refractivity contribution in [2.24, 2.45) is 5.92 Å². The Morgan fingerprint density at radius 3 is 2.77 bits per heavy atom. The van der Waals surface area contributed by atoms with Gasteiger partial charge in [-0.2, -0.15) is 0 Å². The number of rotatable bonds is 8. The first kappa shape index (κ1) is 22.7. The molecule has 0 saturated carbocycles. The van der Waals surface area contributed by atoms with E-state index < -0.39 is 0 Å². The van der Waals surface area contributed by atoms with Gasteiger partial charge in [0.05, 0.1) is 25.8 Å². The summed E-state index contributed by atoms with van der Waals surface area (Å²) in [5.41, 5.74) is 2.92. The number of imidazole rings is 1. The Morgan fingerprint density at radius 2 is 2.03 bits per heavy atom. The molecule has 2 aromatic carbocycles. The second kappa shape index (κ2) is 9.30. The van der Waals surface area contributed by atoms with E-state index in [0.717, 1.165) is 16.6 Å². The van der Waals surface area contributed by atoms with Crippen LogP contribution in [-0.2, 0) is 11.4 Å². The van der Waals surface area contributed by atoms with E-state index in [1.165, 1.54) is 11.3 Å². The van der Waals surface area contributed by atoms with Crippen LogP contribution in [0.2, 0.25) is 0 Å². The second-order valence-electron chi connectivity index (χ2n) is 8.21. The lowest BCUT2D eigenvalue weighted by molar-refractivity contribution is -0.118. The van der Waals surface area contributed by atoms with Gasteiger partial charge in [-0.3, -0.25) is 4.79 Å². The zero-order valence-corrected chi connectivity index (χ0v) is 20.5. The number of furan rings is 1. The van der Waals surface area contributed by atoms with Gasteiger partial charge in [-0.15, -0.1) is 5.10 Å². The molecule has 0 aliphatic heterocycles. The van der Waals surface area contributed by atoms with E-state index in [9.17, 15) is 4.79 Å². The monoisotopic (exact) mass is 492 g/mol. The van der Waals surface area contributed by atoms with Crippen molar-refractivity contribution >= 4 is 38.9 Å². The minimum Gasteiger partial charge on any atom is -0.496 e. The number of anilines is 1. The molecule has 5 rings (SSSR count). The predicted octanol–water partition coefficient (Wildman–Crippen LogP) is 5.39. The molecule has 0 fully saturated rings. The Kier molecular flexibility index (Phi) is 6.04. The van der Waals surface area contributed by atoms with Crippen LogP contribution < -0.4 is 19.5 Å². The summed E-state index contributed by atoms with van der Waals surface area (Å²) in [6.45, 7) is 4.02. The second-order valence-corrected chi connectivity index (χ2v) is 9.12. The summed E-state index contributed by atoms with van der Waals surface area (Å²) in [6, 6.07) is 13.1. The summed E-state index contributed by atoms with van der Waals surface area (Å²) < 4.78 is 24.5. The smallest absolute Gasteiger partial charge is 0.294 e. The Labute approximate surface area is 205 Å². The van der Waals surface area contributed by atoms with Crippen molar-refractivity contribution in [2.75, 3.05) is 19.5 Å². The van der Waals surface area contributed by atoms with Gasteiger partial charge >= 0.3 is 0 Å². The number of methoxy groups -OCH3 is 2. The molecule has 9 nitrogen and oxygen atoms in total. The summed E-state index contributed by atoms with van der Waals surface area (Å²) >= 11 is 1.35. The molecule has 1 N–H and O–H groups in total. The molecule has 0 spiro atoms. The normalized spacial score (nSPS) is 11.3. The number of aromatic nitrogens is 3. The van der Waals surface area contributed by atoms with Crippen LogP contribution in [0.15, 0.2) is 53.1 Å². The summed E-state index contributed by atoms with van der Waals surface area (Å²) in [6.07, 6.45) is 1.79. The van der Waals surface area contributed by atoms with E-state index >= 15 is 0 Å². The first-order valence-corrected chi connectivity index (χ1v) is 11.8. The van der Waals surface area contributed by atoms with Crippen molar-refractivity contribution in [3.05, 3.63) is 54.2 Å². The van der Waals surface area contributed by atoms with Crippen molar-refractivity contribution in [3.63, 3.8) is 0 Å². The molecule has 0 unspecified atom stereocenters. The fraction of sp³-hybridized carbons (Fsp3) is 0.240. The molecule has 0 atom stereocenters. The maximum absolute atomic E-state index is 12.0. The third kappa shape index (κ3) is 4.65. The third-order valence-electron chi connectivity index (χ3n) is 5.37. The SMILES string of the molecule is COc1cc(OCc2cccc(NC(=O)C(C)C)c2)c2cc(-c3cn4nc(OC)sc4n3)oc2c1. The summed E-state index contributed by atoms with van der Waals surface area (Å²) in [5, 5.41) is 8.56. The summed E-state index contributed by atoms with van der Waals surface area (Å²) in [5.74, 6) is 1.69. The standard InChI is InChI=1S/C25H24N4O5S/c1-14(2)23(30)26-16-7-5-6-15(8-16)13-33-20-9-17(31-3)10-21-18(20)11-22(34-21)19-12-29-24(27-19)35-25(28-29)32-4/h5-12,14H,13H2,1-4H3,(H,26,30). The van der Waals surface area contributed by atoms with Crippen LogP contribution in [0, 0.1) is 5.92 Å². The van der Waals surface area contributed by atoms with E-state index in [4.69, 9.17) is 18.6 Å². The Hall–Kier alpha value is -4.05. The molecule has 35 heavy (non-hydrogen) atoms. The Bertz CT molecular complexity index is 1490. The zero-order valence-electron chi connectivity index (χ0n) is 19.7. The van der Waals surface area contributed by atoms with Crippen molar-refractivity contribution in [1.82, 2.24) is 14.6 Å². The topological polar surface area (TPSA) is 100 Å². The van der Waals surface area contributed by atoms with Crippen LogP contribution in [-0.4, -0.2) is 34.7 Å². The molecule has 1 amide bonds. The number of ether oxygens (including phenoxy) is 3. The van der Waals surface area contributed by atoms with Crippen LogP contribution in [0.4, 0.5) is 5.69 Å². The van der Waals surface area contributed by atoms with Gasteiger partial charge in [-0.25, -0.2) is 9.50 Å². The van der Waals surface area contributed by atoms with Gasteiger partial charge < -0.3 is 23.9 Å². The highest BCUT2D eigenvalue weighted by Gasteiger charge is 2.17. The molecular weight excluding hydrogens is 468 g/mol. The quantitative estimate of drug-likeness (QED) is 0.310. The maximum Gasteiger partial charge on any atom is 0.294 e. The molecule has 0 bridgehead atoms. The molecule has 10 heteroatoms. The number of amides is 1. The third-order valence-corrected chi connectivity index (χ3v) is 6.26. The Balaban J connectivity index is 1.42. The van der Waals surface area contributed by atoms with Gasteiger partial charge in [0.2, 0.25) is 10.9 Å². The minimum absolute atomic E-state index is 0.0312. The average molecular weight is 493 g/mol. The molecule has 0 aliphatic rings. The van der Waals surface area contributed by atoms with Gasteiger partial charge in [-0.05, 0) is 35.1 Å². The number of carbonyl (C=O) groups excluding carboxylic acids is 1. The number of hydrogen-bond donors (Lipinski definition) is 1. The first-order valence-electron chi connectivity index (χ1n) is 11.0. The molecule has 0 saturated heterocycles.